The smallest absolute Gasteiger partial charge is 0.191 e. The Morgan fingerprint density at radius 3 is 2.59 bits per heavy atom. The van der Waals surface area contributed by atoms with Crippen LogP contribution in [0.15, 0.2) is 58.4 Å². The van der Waals surface area contributed by atoms with E-state index in [0.717, 1.165) is 40.1 Å². The van der Waals surface area contributed by atoms with Crippen LogP contribution in [0, 0.1) is 0 Å². The molecular formula is C19H23ClIN5S. The van der Waals surface area contributed by atoms with Gasteiger partial charge in [-0.2, -0.15) is 0 Å². The molecule has 1 aromatic heterocycles. The van der Waals surface area contributed by atoms with E-state index in [4.69, 9.17) is 11.6 Å². The van der Waals surface area contributed by atoms with Crippen LogP contribution in [0.5, 0.6) is 0 Å². The lowest BCUT2D eigenvalue weighted by molar-refractivity contribution is 0.743. The van der Waals surface area contributed by atoms with Gasteiger partial charge in [0.1, 0.15) is 5.82 Å². The van der Waals surface area contributed by atoms with Crippen molar-refractivity contribution >= 4 is 64.3 Å². The Kier molecular flexibility index (Phi) is 8.72. The standard InChI is InChI=1S/C19H22ClN5S.HI/c1-21-19(22-11-12-26-15-9-7-14(20)8-10-15)23-13-18-24-16-5-3-4-6-17(16)25(18)2;/h3-10H,11-13H2,1-2H3,(H2,21,22,23);1H. The summed E-state index contributed by atoms with van der Waals surface area (Å²) in [6.45, 7) is 1.44. The van der Waals surface area contributed by atoms with Crippen LogP contribution in [0.25, 0.3) is 11.0 Å². The summed E-state index contributed by atoms with van der Waals surface area (Å²) >= 11 is 7.68. The van der Waals surface area contributed by atoms with Crippen molar-refractivity contribution in [3.63, 3.8) is 0 Å². The Morgan fingerprint density at radius 2 is 1.89 bits per heavy atom. The van der Waals surface area contributed by atoms with Gasteiger partial charge < -0.3 is 15.2 Å². The first kappa shape index (κ1) is 21.8. The van der Waals surface area contributed by atoms with Gasteiger partial charge in [-0.1, -0.05) is 23.7 Å². The number of para-hydroxylation sites is 2. The Bertz CT molecular complexity index is 895. The van der Waals surface area contributed by atoms with Gasteiger partial charge in [-0.15, -0.1) is 35.7 Å². The second-order valence-corrected chi connectivity index (χ2v) is 7.34. The third-order valence-electron chi connectivity index (χ3n) is 3.99. The molecule has 0 aliphatic rings. The lowest BCUT2D eigenvalue weighted by Gasteiger charge is -2.11. The summed E-state index contributed by atoms with van der Waals surface area (Å²) in [6.07, 6.45) is 0. The number of thioether (sulfide) groups is 1. The molecule has 0 aliphatic carbocycles. The number of nitrogens with zero attached hydrogens (tertiary/aromatic N) is 3. The average Bonchev–Trinajstić information content (AvgIpc) is 2.99. The topological polar surface area (TPSA) is 54.2 Å². The van der Waals surface area contributed by atoms with E-state index in [-0.39, 0.29) is 24.0 Å². The van der Waals surface area contributed by atoms with Crippen molar-refractivity contribution in [1.82, 2.24) is 20.2 Å². The van der Waals surface area contributed by atoms with Crippen molar-refractivity contribution < 1.29 is 0 Å². The first-order valence-electron chi connectivity index (χ1n) is 8.40. The van der Waals surface area contributed by atoms with Crippen molar-refractivity contribution in [3.8, 4) is 0 Å². The number of fused-ring (bicyclic) bond motifs is 1. The van der Waals surface area contributed by atoms with Crippen LogP contribution < -0.4 is 10.6 Å². The minimum atomic E-state index is 0. The van der Waals surface area contributed by atoms with E-state index in [2.05, 4.69) is 31.2 Å². The van der Waals surface area contributed by atoms with Crippen LogP contribution in [0.1, 0.15) is 5.82 Å². The Hall–Kier alpha value is -1.45. The summed E-state index contributed by atoms with van der Waals surface area (Å²) < 4.78 is 2.10. The summed E-state index contributed by atoms with van der Waals surface area (Å²) in [5.41, 5.74) is 2.14. The SMILES string of the molecule is CN=C(NCCSc1ccc(Cl)cc1)NCc1nc2ccccc2n1C.I. The molecule has 0 unspecified atom stereocenters. The van der Waals surface area contributed by atoms with Gasteiger partial charge in [-0.05, 0) is 36.4 Å². The second kappa shape index (κ2) is 10.8. The molecule has 0 bridgehead atoms. The first-order valence-corrected chi connectivity index (χ1v) is 9.77. The fourth-order valence-corrected chi connectivity index (χ4v) is 3.50. The number of aliphatic imine (C=N–C) groups is 1. The summed E-state index contributed by atoms with van der Waals surface area (Å²) in [6, 6.07) is 16.0. The summed E-state index contributed by atoms with van der Waals surface area (Å²) in [4.78, 5) is 10.1. The molecule has 5 nitrogen and oxygen atoms in total. The molecule has 0 aliphatic heterocycles. The molecule has 2 aromatic carbocycles. The van der Waals surface area contributed by atoms with Crippen molar-refractivity contribution in [3.05, 3.63) is 59.4 Å². The number of hydrogen-bond donors (Lipinski definition) is 2. The molecule has 3 rings (SSSR count). The fourth-order valence-electron chi connectivity index (χ4n) is 2.61. The third kappa shape index (κ3) is 6.02. The van der Waals surface area contributed by atoms with Crippen LogP contribution in [0.3, 0.4) is 0 Å². The Morgan fingerprint density at radius 1 is 1.15 bits per heavy atom. The predicted octanol–water partition coefficient (Wildman–Crippen LogP) is 4.30. The van der Waals surface area contributed by atoms with Crippen molar-refractivity contribution in [2.24, 2.45) is 12.0 Å². The monoisotopic (exact) mass is 515 g/mol. The molecule has 0 amide bonds. The minimum absolute atomic E-state index is 0. The number of guanidine groups is 1. The van der Waals surface area contributed by atoms with Crippen LogP contribution >= 0.6 is 47.3 Å². The van der Waals surface area contributed by atoms with Crippen LogP contribution in [0.2, 0.25) is 5.02 Å². The number of imidazole rings is 1. The summed E-state index contributed by atoms with van der Waals surface area (Å²) in [7, 11) is 3.81. The van der Waals surface area contributed by atoms with E-state index in [0.29, 0.717) is 6.54 Å². The molecule has 0 spiro atoms. The zero-order valence-corrected chi connectivity index (χ0v) is 19.2. The van der Waals surface area contributed by atoms with E-state index in [1.165, 1.54) is 4.90 Å². The van der Waals surface area contributed by atoms with Crippen molar-refractivity contribution in [2.75, 3.05) is 19.3 Å². The minimum Gasteiger partial charge on any atom is -0.356 e. The highest BCUT2D eigenvalue weighted by Crippen LogP contribution is 2.19. The highest BCUT2D eigenvalue weighted by atomic mass is 127. The van der Waals surface area contributed by atoms with Gasteiger partial charge >= 0.3 is 0 Å². The zero-order chi connectivity index (χ0) is 18.4. The molecule has 0 atom stereocenters. The van der Waals surface area contributed by atoms with Crippen LogP contribution in [-0.4, -0.2) is 34.9 Å². The van der Waals surface area contributed by atoms with Gasteiger partial charge in [0.05, 0.1) is 17.6 Å². The molecule has 27 heavy (non-hydrogen) atoms. The average molecular weight is 516 g/mol. The number of aromatic nitrogens is 2. The number of aryl methyl sites for hydroxylation is 1. The van der Waals surface area contributed by atoms with Crippen LogP contribution in [0.4, 0.5) is 0 Å². The van der Waals surface area contributed by atoms with Crippen molar-refractivity contribution in [1.29, 1.82) is 0 Å². The van der Waals surface area contributed by atoms with Gasteiger partial charge in [-0.3, -0.25) is 4.99 Å². The van der Waals surface area contributed by atoms with Gasteiger partial charge in [0.15, 0.2) is 5.96 Å². The quantitative estimate of drug-likeness (QED) is 0.169. The molecule has 3 aromatic rings. The van der Waals surface area contributed by atoms with E-state index in [1.807, 2.05) is 49.5 Å². The van der Waals surface area contributed by atoms with E-state index in [9.17, 15) is 0 Å². The lowest BCUT2D eigenvalue weighted by atomic mass is 10.3. The largest absolute Gasteiger partial charge is 0.356 e. The summed E-state index contributed by atoms with van der Waals surface area (Å²) in [5, 5.41) is 7.41. The van der Waals surface area contributed by atoms with Crippen LogP contribution in [-0.2, 0) is 13.6 Å². The number of benzene rings is 2. The zero-order valence-electron chi connectivity index (χ0n) is 15.3. The molecule has 1 heterocycles. The maximum atomic E-state index is 5.90. The molecule has 2 N–H and O–H groups in total. The molecule has 8 heteroatoms. The lowest BCUT2D eigenvalue weighted by Crippen LogP contribution is -2.38. The molecule has 0 radical (unpaired) electrons. The predicted molar refractivity (Wildman–Crippen MR) is 127 cm³/mol. The van der Waals surface area contributed by atoms with E-state index >= 15 is 0 Å². The maximum Gasteiger partial charge on any atom is 0.191 e. The highest BCUT2D eigenvalue weighted by molar-refractivity contribution is 14.0. The fraction of sp³-hybridized carbons (Fsp3) is 0.263. The Balaban J connectivity index is 0.00000261. The van der Waals surface area contributed by atoms with E-state index < -0.39 is 0 Å². The maximum absolute atomic E-state index is 5.90. The first-order chi connectivity index (χ1) is 12.7. The number of nitrogens with one attached hydrogen (secondary N) is 2. The number of hydrogen-bond acceptors (Lipinski definition) is 3. The van der Waals surface area contributed by atoms with Gasteiger partial charge in [0, 0.05) is 36.3 Å². The highest BCUT2D eigenvalue weighted by Gasteiger charge is 2.07. The number of halogens is 2. The summed E-state index contributed by atoms with van der Waals surface area (Å²) in [5.74, 6) is 2.69. The molecule has 144 valence electrons. The molecule has 0 fully saturated rings. The molecular weight excluding hydrogens is 493 g/mol. The normalized spacial score (nSPS) is 11.3. The Labute approximate surface area is 186 Å². The van der Waals surface area contributed by atoms with Gasteiger partial charge in [-0.25, -0.2) is 4.98 Å². The van der Waals surface area contributed by atoms with Gasteiger partial charge in [0.25, 0.3) is 0 Å². The van der Waals surface area contributed by atoms with Gasteiger partial charge in [0.2, 0.25) is 0 Å². The molecule has 0 saturated heterocycles. The van der Waals surface area contributed by atoms with E-state index in [1.54, 1.807) is 18.8 Å². The third-order valence-corrected chi connectivity index (χ3v) is 5.26. The van der Waals surface area contributed by atoms with Crippen molar-refractivity contribution in [2.45, 2.75) is 11.4 Å². The second-order valence-electron chi connectivity index (χ2n) is 5.73. The molecule has 0 saturated carbocycles. The number of rotatable bonds is 6.